The summed E-state index contributed by atoms with van der Waals surface area (Å²) in [5.74, 6) is -1.25. The Morgan fingerprint density at radius 1 is 1.45 bits per heavy atom. The van der Waals surface area contributed by atoms with Gasteiger partial charge in [0.1, 0.15) is 12.3 Å². The molecule has 108 valence electrons. The van der Waals surface area contributed by atoms with Crippen molar-refractivity contribution >= 4 is 11.9 Å². The SMILES string of the molecule is O=C(O)COC1CCN(C(=O)c2c[nH]c(=O)cn2)CC1. The summed E-state index contributed by atoms with van der Waals surface area (Å²) in [6.07, 6.45) is 3.39. The first-order chi connectivity index (χ1) is 9.56. The van der Waals surface area contributed by atoms with E-state index in [4.69, 9.17) is 9.84 Å². The number of ether oxygens (including phenoxy) is 1. The number of piperidine rings is 1. The number of carbonyl (C=O) groups excluding carboxylic acids is 1. The first-order valence-corrected chi connectivity index (χ1v) is 6.23. The number of aromatic amines is 1. The summed E-state index contributed by atoms with van der Waals surface area (Å²) in [7, 11) is 0. The van der Waals surface area contributed by atoms with E-state index in [1.807, 2.05) is 0 Å². The van der Waals surface area contributed by atoms with Gasteiger partial charge in [-0.1, -0.05) is 0 Å². The number of aliphatic carboxylic acids is 1. The highest BCUT2D eigenvalue weighted by atomic mass is 16.5. The molecule has 0 aromatic carbocycles. The second-order valence-electron chi connectivity index (χ2n) is 4.49. The third-order valence-electron chi connectivity index (χ3n) is 3.06. The molecule has 1 aliphatic rings. The van der Waals surface area contributed by atoms with Crippen molar-refractivity contribution in [2.24, 2.45) is 0 Å². The van der Waals surface area contributed by atoms with Gasteiger partial charge in [0.15, 0.2) is 0 Å². The summed E-state index contributed by atoms with van der Waals surface area (Å²) in [5.41, 5.74) is -0.170. The first kappa shape index (κ1) is 14.2. The van der Waals surface area contributed by atoms with E-state index in [0.717, 1.165) is 6.20 Å². The van der Waals surface area contributed by atoms with Gasteiger partial charge in [0, 0.05) is 19.3 Å². The standard InChI is InChI=1S/C12H15N3O5/c16-10-6-13-9(5-14-10)12(19)15-3-1-8(2-4-15)20-7-11(17)18/h5-6,8H,1-4,7H2,(H,14,16)(H,17,18). The molecule has 8 nitrogen and oxygen atoms in total. The molecular weight excluding hydrogens is 266 g/mol. The number of amides is 1. The molecule has 1 aromatic heterocycles. The van der Waals surface area contributed by atoms with Gasteiger partial charge in [0.05, 0.1) is 12.3 Å². The van der Waals surface area contributed by atoms with Gasteiger partial charge in [-0.2, -0.15) is 0 Å². The average Bonchev–Trinajstić information content (AvgIpc) is 2.46. The lowest BCUT2D eigenvalue weighted by Crippen LogP contribution is -2.41. The van der Waals surface area contributed by atoms with E-state index in [-0.39, 0.29) is 29.9 Å². The van der Waals surface area contributed by atoms with Crippen molar-refractivity contribution < 1.29 is 19.4 Å². The van der Waals surface area contributed by atoms with Gasteiger partial charge < -0.3 is 19.7 Å². The minimum Gasteiger partial charge on any atom is -0.480 e. The van der Waals surface area contributed by atoms with Crippen LogP contribution in [0.5, 0.6) is 0 Å². The van der Waals surface area contributed by atoms with Gasteiger partial charge in [-0.3, -0.25) is 9.59 Å². The fourth-order valence-electron chi connectivity index (χ4n) is 2.04. The van der Waals surface area contributed by atoms with Crippen molar-refractivity contribution in [3.63, 3.8) is 0 Å². The van der Waals surface area contributed by atoms with Crippen LogP contribution in [0, 0.1) is 0 Å². The molecule has 0 atom stereocenters. The van der Waals surface area contributed by atoms with Crippen LogP contribution >= 0.6 is 0 Å². The number of carbonyl (C=O) groups is 2. The quantitative estimate of drug-likeness (QED) is 0.767. The fraction of sp³-hybridized carbons (Fsp3) is 0.500. The fourth-order valence-corrected chi connectivity index (χ4v) is 2.04. The normalized spacial score (nSPS) is 16.1. The zero-order chi connectivity index (χ0) is 14.5. The Labute approximate surface area is 114 Å². The van der Waals surface area contributed by atoms with Crippen molar-refractivity contribution in [2.45, 2.75) is 18.9 Å². The molecule has 0 radical (unpaired) electrons. The Kier molecular flexibility index (Phi) is 4.46. The summed E-state index contributed by atoms with van der Waals surface area (Å²) >= 11 is 0. The lowest BCUT2D eigenvalue weighted by Gasteiger charge is -2.31. The number of carboxylic acid groups (broad SMARTS) is 1. The summed E-state index contributed by atoms with van der Waals surface area (Å²) in [5, 5.41) is 8.53. The predicted octanol–water partition coefficient (Wildman–Crippen LogP) is -0.524. The maximum atomic E-state index is 12.1. The first-order valence-electron chi connectivity index (χ1n) is 6.23. The van der Waals surface area contributed by atoms with E-state index in [1.165, 1.54) is 6.20 Å². The maximum absolute atomic E-state index is 12.1. The Balaban J connectivity index is 1.87. The molecule has 0 aliphatic carbocycles. The molecule has 20 heavy (non-hydrogen) atoms. The van der Waals surface area contributed by atoms with Crippen LogP contribution in [0.1, 0.15) is 23.3 Å². The van der Waals surface area contributed by atoms with Crippen LogP contribution < -0.4 is 5.56 Å². The minimum absolute atomic E-state index is 0.140. The minimum atomic E-state index is -0.999. The molecule has 8 heteroatoms. The summed E-state index contributed by atoms with van der Waals surface area (Å²) in [6.45, 7) is 0.633. The summed E-state index contributed by atoms with van der Waals surface area (Å²) < 4.78 is 5.19. The van der Waals surface area contributed by atoms with E-state index in [9.17, 15) is 14.4 Å². The summed E-state index contributed by atoms with van der Waals surface area (Å²) in [6, 6.07) is 0. The van der Waals surface area contributed by atoms with Crippen LogP contribution in [0.4, 0.5) is 0 Å². The molecule has 2 rings (SSSR count). The van der Waals surface area contributed by atoms with Crippen molar-refractivity contribution in [3.8, 4) is 0 Å². The van der Waals surface area contributed by atoms with Crippen LogP contribution in [0.15, 0.2) is 17.2 Å². The van der Waals surface area contributed by atoms with Gasteiger partial charge in [-0.15, -0.1) is 0 Å². The predicted molar refractivity (Wildman–Crippen MR) is 67.4 cm³/mol. The molecule has 2 heterocycles. The smallest absolute Gasteiger partial charge is 0.329 e. The number of nitrogens with zero attached hydrogens (tertiary/aromatic N) is 2. The maximum Gasteiger partial charge on any atom is 0.329 e. The molecular formula is C12H15N3O5. The van der Waals surface area contributed by atoms with Gasteiger partial charge >= 0.3 is 5.97 Å². The van der Waals surface area contributed by atoms with E-state index in [0.29, 0.717) is 25.9 Å². The number of hydrogen-bond donors (Lipinski definition) is 2. The summed E-state index contributed by atoms with van der Waals surface area (Å²) in [4.78, 5) is 41.2. The molecule has 1 saturated heterocycles. The number of nitrogens with one attached hydrogen (secondary N) is 1. The highest BCUT2D eigenvalue weighted by molar-refractivity contribution is 5.92. The van der Waals surface area contributed by atoms with Crippen molar-refractivity contribution in [3.05, 3.63) is 28.4 Å². The molecule has 1 amide bonds. The zero-order valence-corrected chi connectivity index (χ0v) is 10.7. The highest BCUT2D eigenvalue weighted by Gasteiger charge is 2.25. The average molecular weight is 281 g/mol. The Morgan fingerprint density at radius 2 is 2.15 bits per heavy atom. The third-order valence-corrected chi connectivity index (χ3v) is 3.06. The molecule has 1 fully saturated rings. The number of carboxylic acids is 1. The Hall–Kier alpha value is -2.22. The number of aromatic nitrogens is 2. The number of hydrogen-bond acceptors (Lipinski definition) is 5. The molecule has 0 unspecified atom stereocenters. The lowest BCUT2D eigenvalue weighted by atomic mass is 10.1. The van der Waals surface area contributed by atoms with Gasteiger partial charge in [-0.05, 0) is 12.8 Å². The van der Waals surface area contributed by atoms with E-state index >= 15 is 0 Å². The van der Waals surface area contributed by atoms with E-state index in [2.05, 4.69) is 9.97 Å². The van der Waals surface area contributed by atoms with Crippen LogP contribution in [0.2, 0.25) is 0 Å². The molecule has 2 N–H and O–H groups in total. The molecule has 1 aliphatic heterocycles. The molecule has 0 spiro atoms. The van der Waals surface area contributed by atoms with Gasteiger partial charge in [0.2, 0.25) is 0 Å². The van der Waals surface area contributed by atoms with Gasteiger partial charge in [-0.25, -0.2) is 9.78 Å². The van der Waals surface area contributed by atoms with Crippen molar-refractivity contribution in [1.29, 1.82) is 0 Å². The van der Waals surface area contributed by atoms with Crippen LogP contribution in [0.3, 0.4) is 0 Å². The topological polar surface area (TPSA) is 113 Å². The largest absolute Gasteiger partial charge is 0.480 e. The highest BCUT2D eigenvalue weighted by Crippen LogP contribution is 2.15. The number of H-pyrrole nitrogens is 1. The lowest BCUT2D eigenvalue weighted by molar-refractivity contribution is -0.145. The number of rotatable bonds is 4. The van der Waals surface area contributed by atoms with Crippen molar-refractivity contribution in [1.82, 2.24) is 14.9 Å². The Morgan fingerprint density at radius 3 is 2.70 bits per heavy atom. The van der Waals surface area contributed by atoms with Crippen molar-refractivity contribution in [2.75, 3.05) is 19.7 Å². The monoisotopic (exact) mass is 281 g/mol. The second-order valence-corrected chi connectivity index (χ2v) is 4.49. The molecule has 0 saturated carbocycles. The Bertz CT molecular complexity index is 528. The van der Waals surface area contributed by atoms with Crippen LogP contribution in [-0.4, -0.2) is 57.7 Å². The zero-order valence-electron chi connectivity index (χ0n) is 10.7. The molecule has 1 aromatic rings. The van der Waals surface area contributed by atoms with E-state index in [1.54, 1.807) is 4.90 Å². The van der Waals surface area contributed by atoms with Crippen LogP contribution in [-0.2, 0) is 9.53 Å². The third kappa shape index (κ3) is 3.64. The second kappa shape index (κ2) is 6.29. The number of likely N-dealkylation sites (tertiary alicyclic amines) is 1. The van der Waals surface area contributed by atoms with E-state index < -0.39 is 5.97 Å². The van der Waals surface area contributed by atoms with Gasteiger partial charge in [0.25, 0.3) is 11.5 Å². The molecule has 0 bridgehead atoms. The van der Waals surface area contributed by atoms with Crippen LogP contribution in [0.25, 0.3) is 0 Å².